The van der Waals surface area contributed by atoms with Crippen LogP contribution in [0.15, 0.2) is 101 Å². The van der Waals surface area contributed by atoms with Crippen LogP contribution in [0.25, 0.3) is 5.76 Å². The standard InChI is InChI=1S/C38H35N3O6S2/c1-5-46-30-19-16-27(20-31(30)45-4)33-32(34(42)26-14-17-29(18-15-26)47-21-28-9-7-6-8-24(28)3)35(43)36(44)41(33)37-39-40-38(49-37)48-22-25-12-10-23(2)11-13-25/h6-20,33,42H,5,21-22H2,1-4H3/b34-32+. The second-order valence-corrected chi connectivity index (χ2v) is 13.6. The Labute approximate surface area is 293 Å². The number of hydrogen-bond acceptors (Lipinski definition) is 10. The minimum atomic E-state index is -1.01. The van der Waals surface area contributed by atoms with Gasteiger partial charge in [0, 0.05) is 11.3 Å². The molecule has 1 aromatic heterocycles. The number of rotatable bonds is 12. The van der Waals surface area contributed by atoms with Crippen molar-refractivity contribution in [1.29, 1.82) is 0 Å². The van der Waals surface area contributed by atoms with Crippen molar-refractivity contribution in [3.8, 4) is 17.2 Å². The monoisotopic (exact) mass is 693 g/mol. The largest absolute Gasteiger partial charge is 0.507 e. The first-order valence-corrected chi connectivity index (χ1v) is 17.5. The molecular weight excluding hydrogens is 659 g/mol. The Kier molecular flexibility index (Phi) is 10.3. The maximum Gasteiger partial charge on any atom is 0.301 e. The first-order chi connectivity index (χ1) is 23.8. The second-order valence-electron chi connectivity index (χ2n) is 11.4. The molecule has 1 unspecified atom stereocenters. The lowest BCUT2D eigenvalue weighted by Gasteiger charge is -2.23. The summed E-state index contributed by atoms with van der Waals surface area (Å²) in [5.74, 6) is 0.227. The molecule has 250 valence electrons. The maximum absolute atomic E-state index is 13.8. The zero-order chi connectivity index (χ0) is 34.5. The maximum atomic E-state index is 13.8. The SMILES string of the molecule is CCOc1ccc(C2/C(=C(\O)c3ccc(OCc4ccccc4C)cc3)C(=O)C(=O)N2c2nnc(SCc3ccc(C)cc3)s2)cc1OC. The molecule has 0 radical (unpaired) electrons. The normalized spacial score (nSPS) is 15.4. The van der Waals surface area contributed by atoms with Crippen LogP contribution < -0.4 is 19.1 Å². The second kappa shape index (κ2) is 15.0. The Hall–Kier alpha value is -5.13. The molecule has 0 aliphatic carbocycles. The Bertz CT molecular complexity index is 2010. The Morgan fingerprint density at radius 1 is 0.918 bits per heavy atom. The Morgan fingerprint density at radius 2 is 1.67 bits per heavy atom. The van der Waals surface area contributed by atoms with Gasteiger partial charge in [0.15, 0.2) is 15.8 Å². The van der Waals surface area contributed by atoms with Gasteiger partial charge >= 0.3 is 5.91 Å². The predicted molar refractivity (Wildman–Crippen MR) is 192 cm³/mol. The van der Waals surface area contributed by atoms with Crippen molar-refractivity contribution in [1.82, 2.24) is 10.2 Å². The van der Waals surface area contributed by atoms with Crippen molar-refractivity contribution in [3.63, 3.8) is 0 Å². The van der Waals surface area contributed by atoms with Crippen LogP contribution in [0.2, 0.25) is 0 Å². The van der Waals surface area contributed by atoms with Crippen molar-refractivity contribution in [2.75, 3.05) is 18.6 Å². The molecule has 5 aromatic rings. The van der Waals surface area contributed by atoms with Crippen LogP contribution in [0.5, 0.6) is 17.2 Å². The summed E-state index contributed by atoms with van der Waals surface area (Å²) >= 11 is 2.70. The van der Waals surface area contributed by atoms with Crippen LogP contribution in [-0.4, -0.2) is 40.7 Å². The third-order valence-electron chi connectivity index (χ3n) is 8.12. The number of aliphatic hydroxyl groups excluding tert-OH is 1. The van der Waals surface area contributed by atoms with E-state index in [1.165, 1.54) is 40.7 Å². The topological polar surface area (TPSA) is 111 Å². The van der Waals surface area contributed by atoms with E-state index in [1.54, 1.807) is 42.5 Å². The first-order valence-electron chi connectivity index (χ1n) is 15.7. The first kappa shape index (κ1) is 33.8. The number of amides is 1. The lowest BCUT2D eigenvalue weighted by atomic mass is 9.95. The molecule has 11 heteroatoms. The number of carbonyl (C=O) groups excluding carboxylic acids is 2. The van der Waals surface area contributed by atoms with Crippen LogP contribution in [-0.2, 0) is 21.9 Å². The summed E-state index contributed by atoms with van der Waals surface area (Å²) in [5.41, 5.74) is 5.30. The van der Waals surface area contributed by atoms with Gasteiger partial charge in [-0.3, -0.25) is 14.5 Å². The number of Topliss-reactive ketones (excluding diaryl/α,β-unsaturated/α-hetero) is 1. The number of ketones is 1. The third-order valence-corrected chi connectivity index (χ3v) is 10.2. The molecule has 1 fully saturated rings. The van der Waals surface area contributed by atoms with E-state index < -0.39 is 17.7 Å². The number of hydrogen-bond donors (Lipinski definition) is 1. The van der Waals surface area contributed by atoms with E-state index in [9.17, 15) is 14.7 Å². The zero-order valence-corrected chi connectivity index (χ0v) is 29.1. The van der Waals surface area contributed by atoms with Gasteiger partial charge in [-0.2, -0.15) is 0 Å². The number of nitrogens with zero attached hydrogens (tertiary/aromatic N) is 3. The number of benzene rings is 4. The van der Waals surface area contributed by atoms with E-state index in [2.05, 4.69) is 34.5 Å². The number of methoxy groups -OCH3 is 1. The van der Waals surface area contributed by atoms with E-state index in [0.29, 0.717) is 51.7 Å². The Morgan fingerprint density at radius 3 is 2.39 bits per heavy atom. The van der Waals surface area contributed by atoms with Gasteiger partial charge in [-0.1, -0.05) is 83.3 Å². The zero-order valence-electron chi connectivity index (χ0n) is 27.5. The highest BCUT2D eigenvalue weighted by atomic mass is 32.2. The van der Waals surface area contributed by atoms with E-state index in [4.69, 9.17) is 14.2 Å². The van der Waals surface area contributed by atoms with E-state index >= 15 is 0 Å². The third kappa shape index (κ3) is 7.33. The van der Waals surface area contributed by atoms with Gasteiger partial charge in [0.25, 0.3) is 5.78 Å². The molecule has 4 aromatic carbocycles. The number of aliphatic hydroxyl groups is 1. The molecule has 1 amide bonds. The summed E-state index contributed by atoms with van der Waals surface area (Å²) in [6.45, 7) is 6.74. The number of thioether (sulfide) groups is 1. The number of aromatic nitrogens is 2. The van der Waals surface area contributed by atoms with Crippen LogP contribution in [0.3, 0.4) is 0 Å². The van der Waals surface area contributed by atoms with Crippen LogP contribution in [0.1, 0.15) is 46.3 Å². The van der Waals surface area contributed by atoms with E-state index in [-0.39, 0.29) is 16.5 Å². The molecule has 0 saturated carbocycles. The van der Waals surface area contributed by atoms with Crippen molar-refractivity contribution in [2.45, 2.75) is 43.5 Å². The van der Waals surface area contributed by atoms with Crippen molar-refractivity contribution >= 4 is 45.7 Å². The average molecular weight is 694 g/mol. The van der Waals surface area contributed by atoms with Crippen molar-refractivity contribution in [3.05, 3.63) is 130 Å². The number of anilines is 1. The molecule has 2 heterocycles. The predicted octanol–water partition coefficient (Wildman–Crippen LogP) is 8.06. The summed E-state index contributed by atoms with van der Waals surface area (Å²) in [7, 11) is 1.52. The summed E-state index contributed by atoms with van der Waals surface area (Å²) in [5, 5.41) is 20.6. The summed E-state index contributed by atoms with van der Waals surface area (Å²) in [4.78, 5) is 28.8. The number of carbonyl (C=O) groups is 2. The smallest absolute Gasteiger partial charge is 0.301 e. The highest BCUT2D eigenvalue weighted by Gasteiger charge is 2.48. The highest BCUT2D eigenvalue weighted by Crippen LogP contribution is 2.45. The molecule has 1 aliphatic rings. The molecule has 1 saturated heterocycles. The summed E-state index contributed by atoms with van der Waals surface area (Å²) in [6.07, 6.45) is 0. The van der Waals surface area contributed by atoms with Crippen LogP contribution in [0, 0.1) is 13.8 Å². The molecule has 6 rings (SSSR count). The fourth-order valence-corrected chi connectivity index (χ4v) is 7.28. The molecule has 1 N–H and O–H groups in total. The van der Waals surface area contributed by atoms with Crippen LogP contribution in [0.4, 0.5) is 5.13 Å². The van der Waals surface area contributed by atoms with Gasteiger partial charge in [-0.05, 0) is 79.4 Å². The summed E-state index contributed by atoms with van der Waals surface area (Å²) in [6, 6.07) is 27.1. The van der Waals surface area contributed by atoms with E-state index in [0.717, 1.165) is 16.7 Å². The van der Waals surface area contributed by atoms with Crippen LogP contribution >= 0.6 is 23.1 Å². The molecule has 49 heavy (non-hydrogen) atoms. The minimum absolute atomic E-state index is 0.0751. The highest BCUT2D eigenvalue weighted by molar-refractivity contribution is 8.00. The lowest BCUT2D eigenvalue weighted by Crippen LogP contribution is -2.29. The Balaban J connectivity index is 1.34. The van der Waals surface area contributed by atoms with Gasteiger partial charge in [-0.15, -0.1) is 10.2 Å². The molecule has 0 bridgehead atoms. The minimum Gasteiger partial charge on any atom is -0.507 e. The van der Waals surface area contributed by atoms with Gasteiger partial charge < -0.3 is 19.3 Å². The van der Waals surface area contributed by atoms with Gasteiger partial charge in [0.2, 0.25) is 5.13 Å². The average Bonchev–Trinajstić information content (AvgIpc) is 3.69. The van der Waals surface area contributed by atoms with E-state index in [1.807, 2.05) is 45.0 Å². The number of ether oxygens (including phenoxy) is 3. The molecule has 1 atom stereocenters. The molecule has 0 spiro atoms. The van der Waals surface area contributed by atoms with Crippen molar-refractivity contribution < 1.29 is 28.9 Å². The fraction of sp³-hybridized carbons (Fsp3) is 0.211. The van der Waals surface area contributed by atoms with Gasteiger partial charge in [0.05, 0.1) is 25.3 Å². The van der Waals surface area contributed by atoms with Gasteiger partial charge in [0.1, 0.15) is 18.1 Å². The molecule has 1 aliphatic heterocycles. The number of aryl methyl sites for hydroxylation is 2. The van der Waals surface area contributed by atoms with Gasteiger partial charge in [-0.25, -0.2) is 0 Å². The lowest BCUT2D eigenvalue weighted by molar-refractivity contribution is -0.132. The fourth-order valence-electron chi connectivity index (χ4n) is 5.46. The quantitative estimate of drug-likeness (QED) is 0.0456. The molecule has 9 nitrogen and oxygen atoms in total. The molecular formula is C38H35N3O6S2. The summed E-state index contributed by atoms with van der Waals surface area (Å²) < 4.78 is 17.9. The van der Waals surface area contributed by atoms with Crippen molar-refractivity contribution in [2.24, 2.45) is 0 Å².